The molecule has 0 saturated heterocycles. The molecule has 0 spiro atoms. The first-order valence-corrected chi connectivity index (χ1v) is 5.76. The molecule has 1 rings (SSSR count). The van der Waals surface area contributed by atoms with Crippen molar-refractivity contribution >= 4 is 15.9 Å². The molecule has 3 unspecified atom stereocenters. The first-order valence-electron chi connectivity index (χ1n) is 4.84. The van der Waals surface area contributed by atoms with Crippen LogP contribution in [-0.4, -0.2) is 29.9 Å². The minimum absolute atomic E-state index is 0.708. The van der Waals surface area contributed by atoms with E-state index in [2.05, 4.69) is 48.8 Å². The summed E-state index contributed by atoms with van der Waals surface area (Å²) in [5.74, 6) is 1.70. The van der Waals surface area contributed by atoms with Crippen LogP contribution in [0.15, 0.2) is 0 Å². The van der Waals surface area contributed by atoms with Gasteiger partial charge in [0.05, 0.1) is 0 Å². The predicted octanol–water partition coefficient (Wildman–Crippen LogP) is 2.75. The van der Waals surface area contributed by atoms with Gasteiger partial charge in [0.15, 0.2) is 0 Å². The van der Waals surface area contributed by atoms with Crippen molar-refractivity contribution in [2.24, 2.45) is 11.8 Å². The summed E-state index contributed by atoms with van der Waals surface area (Å²) >= 11 is 3.81. The molecule has 4 atom stereocenters. The Kier molecular flexibility index (Phi) is 3.59. The van der Waals surface area contributed by atoms with E-state index in [9.17, 15) is 0 Å². The van der Waals surface area contributed by atoms with Crippen LogP contribution in [0.3, 0.4) is 0 Å². The van der Waals surface area contributed by atoms with Gasteiger partial charge in [-0.2, -0.15) is 0 Å². The molecule has 0 aromatic carbocycles. The summed E-state index contributed by atoms with van der Waals surface area (Å²) in [6.07, 6.45) is 2.77. The second-order valence-electron chi connectivity index (χ2n) is 4.37. The maximum Gasteiger partial charge on any atom is 0.0214 e. The second-order valence-corrected chi connectivity index (χ2v) is 5.42. The van der Waals surface area contributed by atoms with Crippen molar-refractivity contribution in [1.82, 2.24) is 4.90 Å². The topological polar surface area (TPSA) is 3.24 Å². The summed E-state index contributed by atoms with van der Waals surface area (Å²) in [4.78, 5) is 3.06. The monoisotopic (exact) mass is 233 g/mol. The fourth-order valence-corrected chi connectivity index (χ4v) is 3.06. The first-order chi connectivity index (χ1) is 5.54. The van der Waals surface area contributed by atoms with E-state index in [0.29, 0.717) is 6.04 Å². The van der Waals surface area contributed by atoms with Gasteiger partial charge in [0, 0.05) is 10.9 Å². The summed E-state index contributed by atoms with van der Waals surface area (Å²) in [7, 11) is 4.35. The van der Waals surface area contributed by atoms with Gasteiger partial charge in [0.25, 0.3) is 0 Å². The Hall–Kier alpha value is 0.440. The molecule has 0 heterocycles. The Bertz CT molecular complexity index is 147. The van der Waals surface area contributed by atoms with Crippen LogP contribution in [0.5, 0.6) is 0 Å². The molecule has 0 amide bonds. The molecule has 2 heteroatoms. The zero-order valence-corrected chi connectivity index (χ0v) is 10.1. The van der Waals surface area contributed by atoms with Gasteiger partial charge < -0.3 is 4.90 Å². The van der Waals surface area contributed by atoms with Crippen molar-refractivity contribution in [3.05, 3.63) is 0 Å². The van der Waals surface area contributed by atoms with Crippen LogP contribution in [0, 0.1) is 11.8 Å². The van der Waals surface area contributed by atoms with Crippen molar-refractivity contribution in [2.75, 3.05) is 14.1 Å². The van der Waals surface area contributed by atoms with Crippen molar-refractivity contribution in [3.8, 4) is 0 Å². The van der Waals surface area contributed by atoms with E-state index in [1.807, 2.05) is 0 Å². The lowest BCUT2D eigenvalue weighted by atomic mass is 9.97. The van der Waals surface area contributed by atoms with Gasteiger partial charge in [-0.1, -0.05) is 22.9 Å². The predicted molar refractivity (Wildman–Crippen MR) is 57.8 cm³/mol. The lowest BCUT2D eigenvalue weighted by Gasteiger charge is -2.29. The average Bonchev–Trinajstić information content (AvgIpc) is 2.32. The lowest BCUT2D eigenvalue weighted by molar-refractivity contribution is 0.231. The molecule has 0 bridgehead atoms. The van der Waals surface area contributed by atoms with Crippen molar-refractivity contribution in [3.63, 3.8) is 0 Å². The molecule has 0 aromatic rings. The van der Waals surface area contributed by atoms with Crippen molar-refractivity contribution < 1.29 is 0 Å². The average molecular weight is 234 g/mol. The number of hydrogen-bond donors (Lipinski definition) is 0. The van der Waals surface area contributed by atoms with E-state index in [1.165, 1.54) is 12.8 Å². The van der Waals surface area contributed by atoms with Crippen LogP contribution >= 0.6 is 15.9 Å². The Labute approximate surface area is 84.6 Å². The lowest BCUT2D eigenvalue weighted by Crippen LogP contribution is -2.35. The van der Waals surface area contributed by atoms with Gasteiger partial charge in [-0.3, -0.25) is 0 Å². The molecule has 0 aromatic heterocycles. The van der Waals surface area contributed by atoms with Gasteiger partial charge in [0.1, 0.15) is 0 Å². The largest absolute Gasteiger partial charge is 0.306 e. The first kappa shape index (κ1) is 10.5. The van der Waals surface area contributed by atoms with Gasteiger partial charge in [-0.05, 0) is 45.7 Å². The van der Waals surface area contributed by atoms with Gasteiger partial charge in [-0.25, -0.2) is 0 Å². The molecular formula is C10H20BrN. The molecule has 12 heavy (non-hydrogen) atoms. The molecule has 0 radical (unpaired) electrons. The fourth-order valence-electron chi connectivity index (χ4n) is 2.09. The van der Waals surface area contributed by atoms with Crippen LogP contribution in [0.1, 0.15) is 26.7 Å². The quantitative estimate of drug-likeness (QED) is 0.664. The van der Waals surface area contributed by atoms with Gasteiger partial charge in [0.2, 0.25) is 0 Å². The zero-order chi connectivity index (χ0) is 9.30. The molecule has 1 saturated carbocycles. The normalized spacial score (nSPS) is 39.0. The number of alkyl halides is 1. The number of rotatable bonds is 2. The van der Waals surface area contributed by atoms with Crippen molar-refractivity contribution in [2.45, 2.75) is 37.6 Å². The summed E-state index contributed by atoms with van der Waals surface area (Å²) in [6.45, 7) is 4.68. The highest BCUT2D eigenvalue weighted by atomic mass is 79.9. The van der Waals surface area contributed by atoms with E-state index < -0.39 is 0 Å². The maximum atomic E-state index is 3.81. The third-order valence-corrected chi connectivity index (χ3v) is 4.92. The van der Waals surface area contributed by atoms with E-state index >= 15 is 0 Å². The standard InChI is InChI=1S/C10H20BrN/c1-7-5-6-9(10(7)11)8(2)12(3)4/h7-10H,5-6H2,1-4H3/t7?,8-,9?,10?/m1/s1. The summed E-state index contributed by atoms with van der Waals surface area (Å²) < 4.78 is 0. The highest BCUT2D eigenvalue weighted by molar-refractivity contribution is 9.09. The molecule has 1 fully saturated rings. The minimum Gasteiger partial charge on any atom is -0.306 e. The Morgan fingerprint density at radius 1 is 1.33 bits per heavy atom. The third kappa shape index (κ3) is 2.02. The highest BCUT2D eigenvalue weighted by Gasteiger charge is 2.35. The molecule has 72 valence electrons. The van der Waals surface area contributed by atoms with Crippen LogP contribution in [0.4, 0.5) is 0 Å². The molecule has 1 nitrogen and oxygen atoms in total. The summed E-state index contributed by atoms with van der Waals surface area (Å²) in [5.41, 5.74) is 0. The number of nitrogens with zero attached hydrogens (tertiary/aromatic N) is 1. The molecule has 0 aliphatic heterocycles. The maximum absolute atomic E-state index is 3.81. The van der Waals surface area contributed by atoms with Gasteiger partial charge in [-0.15, -0.1) is 0 Å². The SMILES string of the molecule is CC1CCC([C@@H](C)N(C)C)C1Br. The Morgan fingerprint density at radius 2 is 1.92 bits per heavy atom. The molecule has 0 N–H and O–H groups in total. The van der Waals surface area contributed by atoms with E-state index in [4.69, 9.17) is 0 Å². The zero-order valence-electron chi connectivity index (χ0n) is 8.55. The number of hydrogen-bond acceptors (Lipinski definition) is 1. The van der Waals surface area contributed by atoms with Crippen LogP contribution in [0.2, 0.25) is 0 Å². The van der Waals surface area contributed by atoms with Crippen molar-refractivity contribution in [1.29, 1.82) is 0 Å². The van der Waals surface area contributed by atoms with E-state index in [1.54, 1.807) is 0 Å². The molecular weight excluding hydrogens is 214 g/mol. The fraction of sp³-hybridized carbons (Fsp3) is 1.00. The van der Waals surface area contributed by atoms with Crippen LogP contribution in [0.25, 0.3) is 0 Å². The summed E-state index contributed by atoms with van der Waals surface area (Å²) in [5, 5.41) is 0. The Morgan fingerprint density at radius 3 is 2.25 bits per heavy atom. The number of halogens is 1. The van der Waals surface area contributed by atoms with E-state index in [-0.39, 0.29) is 0 Å². The van der Waals surface area contributed by atoms with E-state index in [0.717, 1.165) is 16.7 Å². The molecule has 1 aliphatic carbocycles. The van der Waals surface area contributed by atoms with Crippen LogP contribution < -0.4 is 0 Å². The Balaban J connectivity index is 2.53. The molecule has 1 aliphatic rings. The van der Waals surface area contributed by atoms with Gasteiger partial charge >= 0.3 is 0 Å². The summed E-state index contributed by atoms with van der Waals surface area (Å²) in [6, 6.07) is 0.708. The highest BCUT2D eigenvalue weighted by Crippen LogP contribution is 2.39. The minimum atomic E-state index is 0.708. The second kappa shape index (κ2) is 4.10. The smallest absolute Gasteiger partial charge is 0.0214 e. The third-order valence-electron chi connectivity index (χ3n) is 3.34. The van der Waals surface area contributed by atoms with Crippen LogP contribution in [-0.2, 0) is 0 Å².